The minimum absolute atomic E-state index is 0.0332. The largest absolute Gasteiger partial charge is 0.488 e. The topological polar surface area (TPSA) is 52.9 Å². The van der Waals surface area contributed by atoms with Crippen molar-refractivity contribution in [3.63, 3.8) is 0 Å². The summed E-state index contributed by atoms with van der Waals surface area (Å²) in [5.74, 6) is 0.0850. The monoisotopic (exact) mass is 359 g/mol. The third kappa shape index (κ3) is 4.81. The lowest BCUT2D eigenvalue weighted by Gasteiger charge is -2.41. The molecular weight excluding hydrogens is 333 g/mol. The molecule has 4 nitrogen and oxygen atoms in total. The van der Waals surface area contributed by atoms with E-state index in [4.69, 9.17) is 4.74 Å². The van der Waals surface area contributed by atoms with Crippen LogP contribution in [0.15, 0.2) is 54.6 Å². The van der Waals surface area contributed by atoms with E-state index in [0.717, 1.165) is 24.8 Å². The minimum atomic E-state index is -0.692. The molecule has 3 atom stereocenters. The highest BCUT2D eigenvalue weighted by Crippen LogP contribution is 2.28. The van der Waals surface area contributed by atoms with Crippen molar-refractivity contribution in [2.45, 2.75) is 44.1 Å². The molecule has 2 aromatic rings. The molecule has 140 valence electrons. The van der Waals surface area contributed by atoms with Crippen LogP contribution in [0.25, 0.3) is 0 Å². The Kier molecular flexibility index (Phi) is 6.61. The molecule has 1 aliphatic rings. The summed E-state index contributed by atoms with van der Waals surface area (Å²) in [6.45, 7) is 1.19. The van der Waals surface area contributed by atoms with Crippen molar-refractivity contribution < 1.29 is 19.3 Å². The normalized spacial score (nSPS) is 23.2. The van der Waals surface area contributed by atoms with Crippen LogP contribution in [-0.2, 0) is 6.54 Å². The molecular formula is C21H26FNO3. The maximum atomic E-state index is 13.4. The molecule has 0 spiro atoms. The molecule has 1 fully saturated rings. The smallest absolute Gasteiger partial charge is 0.126 e. The van der Waals surface area contributed by atoms with E-state index in [2.05, 4.69) is 4.90 Å². The Bertz CT molecular complexity index is 682. The number of aliphatic hydroxyl groups excluding tert-OH is 2. The van der Waals surface area contributed by atoms with Crippen LogP contribution in [0.1, 0.15) is 24.8 Å². The third-order valence-electron chi connectivity index (χ3n) is 4.93. The third-order valence-corrected chi connectivity index (χ3v) is 4.93. The van der Waals surface area contributed by atoms with Crippen molar-refractivity contribution in [1.29, 1.82) is 0 Å². The zero-order chi connectivity index (χ0) is 18.4. The number of ether oxygens (including phenoxy) is 1. The van der Waals surface area contributed by atoms with Crippen LogP contribution in [0.3, 0.4) is 0 Å². The highest BCUT2D eigenvalue weighted by molar-refractivity contribution is 5.23. The second-order valence-electron chi connectivity index (χ2n) is 6.78. The van der Waals surface area contributed by atoms with E-state index in [9.17, 15) is 14.6 Å². The zero-order valence-corrected chi connectivity index (χ0v) is 14.8. The van der Waals surface area contributed by atoms with Gasteiger partial charge in [0.15, 0.2) is 0 Å². The van der Waals surface area contributed by atoms with Gasteiger partial charge in [-0.05, 0) is 37.0 Å². The first-order valence-corrected chi connectivity index (χ1v) is 9.16. The second kappa shape index (κ2) is 9.12. The van der Waals surface area contributed by atoms with Gasteiger partial charge in [0, 0.05) is 25.2 Å². The number of hydrogen-bond donors (Lipinski definition) is 2. The SMILES string of the molecule is OCCN(Cc1ccccc1)[C@H]1CCC[C@@H](Oc2cccc(F)c2)[C@@H]1O. The van der Waals surface area contributed by atoms with Gasteiger partial charge in [0.25, 0.3) is 0 Å². The maximum absolute atomic E-state index is 13.4. The summed E-state index contributed by atoms with van der Waals surface area (Å²) in [5.41, 5.74) is 1.14. The van der Waals surface area contributed by atoms with Crippen molar-refractivity contribution in [2.75, 3.05) is 13.2 Å². The molecule has 1 aliphatic carbocycles. The van der Waals surface area contributed by atoms with E-state index in [-0.39, 0.29) is 24.6 Å². The van der Waals surface area contributed by atoms with Crippen LogP contribution in [0, 0.1) is 5.82 Å². The van der Waals surface area contributed by atoms with Crippen LogP contribution in [-0.4, -0.2) is 46.5 Å². The summed E-state index contributed by atoms with van der Waals surface area (Å²) in [5, 5.41) is 20.4. The standard InChI is InChI=1S/C21H26FNO3/c22-17-8-4-9-18(14-17)26-20-11-5-10-19(21(20)25)23(12-13-24)15-16-6-2-1-3-7-16/h1-4,6-9,14,19-21,24-25H,5,10-13,15H2/t19-,20+,21+/m0/s1. The first kappa shape index (κ1) is 18.8. The van der Waals surface area contributed by atoms with Gasteiger partial charge in [-0.2, -0.15) is 0 Å². The van der Waals surface area contributed by atoms with E-state index < -0.39 is 6.10 Å². The quantitative estimate of drug-likeness (QED) is 0.798. The number of aliphatic hydroxyl groups is 2. The van der Waals surface area contributed by atoms with Gasteiger partial charge in [0.1, 0.15) is 23.8 Å². The van der Waals surface area contributed by atoms with Crippen LogP contribution >= 0.6 is 0 Å². The lowest BCUT2D eigenvalue weighted by molar-refractivity contribution is -0.0587. The van der Waals surface area contributed by atoms with Crippen LogP contribution in [0.5, 0.6) is 5.75 Å². The molecule has 0 aromatic heterocycles. The molecule has 2 aromatic carbocycles. The van der Waals surface area contributed by atoms with E-state index in [1.807, 2.05) is 30.3 Å². The summed E-state index contributed by atoms with van der Waals surface area (Å²) in [6, 6.07) is 15.9. The fourth-order valence-corrected chi connectivity index (χ4v) is 3.67. The Balaban J connectivity index is 1.70. The van der Waals surface area contributed by atoms with E-state index in [1.54, 1.807) is 12.1 Å². The van der Waals surface area contributed by atoms with Crippen molar-refractivity contribution in [3.05, 3.63) is 66.0 Å². The number of hydrogen-bond acceptors (Lipinski definition) is 4. The predicted octanol–water partition coefficient (Wildman–Crippen LogP) is 2.98. The maximum Gasteiger partial charge on any atom is 0.126 e. The lowest BCUT2D eigenvalue weighted by Crippen LogP contribution is -2.53. The lowest BCUT2D eigenvalue weighted by atomic mass is 9.88. The molecule has 0 amide bonds. The predicted molar refractivity (Wildman–Crippen MR) is 98.4 cm³/mol. The molecule has 26 heavy (non-hydrogen) atoms. The molecule has 2 N–H and O–H groups in total. The molecule has 5 heteroatoms. The van der Waals surface area contributed by atoms with Gasteiger partial charge in [-0.3, -0.25) is 4.90 Å². The molecule has 0 saturated heterocycles. The summed E-state index contributed by atoms with van der Waals surface area (Å²) >= 11 is 0. The first-order chi connectivity index (χ1) is 12.7. The first-order valence-electron chi connectivity index (χ1n) is 9.16. The molecule has 0 unspecified atom stereocenters. The van der Waals surface area contributed by atoms with Crippen molar-refractivity contribution in [2.24, 2.45) is 0 Å². The van der Waals surface area contributed by atoms with Crippen LogP contribution in [0.2, 0.25) is 0 Å². The number of benzene rings is 2. The van der Waals surface area contributed by atoms with E-state index in [0.29, 0.717) is 18.8 Å². The minimum Gasteiger partial charge on any atom is -0.488 e. The zero-order valence-electron chi connectivity index (χ0n) is 14.8. The van der Waals surface area contributed by atoms with Gasteiger partial charge in [0.2, 0.25) is 0 Å². The Morgan fingerprint density at radius 1 is 1.08 bits per heavy atom. The highest BCUT2D eigenvalue weighted by Gasteiger charge is 2.36. The summed E-state index contributed by atoms with van der Waals surface area (Å²) in [6.07, 6.45) is 1.41. The number of nitrogens with zero attached hydrogens (tertiary/aromatic N) is 1. The Morgan fingerprint density at radius 3 is 2.62 bits per heavy atom. The molecule has 3 rings (SSSR count). The summed E-state index contributed by atoms with van der Waals surface area (Å²) < 4.78 is 19.3. The van der Waals surface area contributed by atoms with Gasteiger partial charge in [-0.1, -0.05) is 36.4 Å². The average Bonchev–Trinajstić information content (AvgIpc) is 2.64. The summed E-state index contributed by atoms with van der Waals surface area (Å²) in [7, 11) is 0. The van der Waals surface area contributed by atoms with Gasteiger partial charge in [-0.25, -0.2) is 4.39 Å². The molecule has 0 radical (unpaired) electrons. The van der Waals surface area contributed by atoms with Crippen LogP contribution < -0.4 is 4.74 Å². The van der Waals surface area contributed by atoms with E-state index in [1.165, 1.54) is 12.1 Å². The van der Waals surface area contributed by atoms with Crippen molar-refractivity contribution in [3.8, 4) is 5.75 Å². The second-order valence-corrected chi connectivity index (χ2v) is 6.78. The fraction of sp³-hybridized carbons (Fsp3) is 0.429. The Labute approximate surface area is 153 Å². The average molecular weight is 359 g/mol. The number of rotatable bonds is 7. The van der Waals surface area contributed by atoms with Gasteiger partial charge in [-0.15, -0.1) is 0 Å². The molecule has 0 bridgehead atoms. The van der Waals surface area contributed by atoms with Crippen molar-refractivity contribution >= 4 is 0 Å². The molecule has 1 saturated carbocycles. The van der Waals surface area contributed by atoms with Crippen LogP contribution in [0.4, 0.5) is 4.39 Å². The fourth-order valence-electron chi connectivity index (χ4n) is 3.67. The van der Waals surface area contributed by atoms with Gasteiger partial charge >= 0.3 is 0 Å². The number of halogens is 1. The summed E-state index contributed by atoms with van der Waals surface area (Å²) in [4.78, 5) is 2.11. The molecule has 0 aliphatic heterocycles. The van der Waals surface area contributed by atoms with Gasteiger partial charge in [0.05, 0.1) is 6.61 Å². The van der Waals surface area contributed by atoms with Crippen molar-refractivity contribution in [1.82, 2.24) is 4.90 Å². The van der Waals surface area contributed by atoms with Gasteiger partial charge < -0.3 is 14.9 Å². The highest BCUT2D eigenvalue weighted by atomic mass is 19.1. The Morgan fingerprint density at radius 2 is 1.88 bits per heavy atom. The Hall–Kier alpha value is -1.95. The molecule has 0 heterocycles. The van der Waals surface area contributed by atoms with E-state index >= 15 is 0 Å².